The van der Waals surface area contributed by atoms with Gasteiger partial charge >= 0.3 is 0 Å². The highest BCUT2D eigenvalue weighted by Gasteiger charge is 2.21. The number of Topliss-reactive ketones (excluding diaryl/α,β-unsaturated/α-hetero) is 1. The zero-order valence-corrected chi connectivity index (χ0v) is 17.0. The van der Waals surface area contributed by atoms with E-state index in [2.05, 4.69) is 5.32 Å². The number of aryl methyl sites for hydroxylation is 1. The standard InChI is InChI=1S/C20H24N2O5S/c1-15-7-9-19(10-8-15)27-12-11-21-20(24)14-22(28(3,25)26)18-6-4-5-17(13-18)16(2)23/h4-10,13H,11-12,14H2,1-3H3,(H,21,24). The predicted molar refractivity (Wildman–Crippen MR) is 108 cm³/mol. The average Bonchev–Trinajstić information content (AvgIpc) is 2.64. The molecule has 0 radical (unpaired) electrons. The fraction of sp³-hybridized carbons (Fsp3) is 0.300. The first-order valence-corrected chi connectivity index (χ1v) is 10.6. The van der Waals surface area contributed by atoms with Gasteiger partial charge in [0.1, 0.15) is 18.9 Å². The Hall–Kier alpha value is -2.87. The summed E-state index contributed by atoms with van der Waals surface area (Å²) in [5, 5.41) is 2.64. The Morgan fingerprint density at radius 2 is 1.79 bits per heavy atom. The quantitative estimate of drug-likeness (QED) is 0.511. The summed E-state index contributed by atoms with van der Waals surface area (Å²) in [6, 6.07) is 13.7. The Kier molecular flexibility index (Phi) is 7.17. The molecule has 150 valence electrons. The van der Waals surface area contributed by atoms with Gasteiger partial charge in [0, 0.05) is 5.56 Å². The van der Waals surface area contributed by atoms with Gasteiger partial charge < -0.3 is 10.1 Å². The second kappa shape index (κ2) is 9.36. The first-order chi connectivity index (χ1) is 13.2. The summed E-state index contributed by atoms with van der Waals surface area (Å²) in [4.78, 5) is 23.7. The zero-order chi connectivity index (χ0) is 20.7. The van der Waals surface area contributed by atoms with Crippen LogP contribution in [0.1, 0.15) is 22.8 Å². The van der Waals surface area contributed by atoms with E-state index in [1.54, 1.807) is 18.2 Å². The van der Waals surface area contributed by atoms with Crippen molar-refractivity contribution in [1.29, 1.82) is 0 Å². The first kappa shape index (κ1) is 21.4. The lowest BCUT2D eigenvalue weighted by Gasteiger charge is -2.22. The minimum atomic E-state index is -3.70. The van der Waals surface area contributed by atoms with E-state index in [0.29, 0.717) is 11.3 Å². The topological polar surface area (TPSA) is 92.8 Å². The van der Waals surface area contributed by atoms with E-state index in [4.69, 9.17) is 4.74 Å². The lowest BCUT2D eigenvalue weighted by molar-refractivity contribution is -0.119. The van der Waals surface area contributed by atoms with Gasteiger partial charge in [-0.05, 0) is 38.1 Å². The highest BCUT2D eigenvalue weighted by molar-refractivity contribution is 7.92. The molecule has 1 N–H and O–H groups in total. The van der Waals surface area contributed by atoms with E-state index in [0.717, 1.165) is 16.1 Å². The molecule has 1 amide bonds. The summed E-state index contributed by atoms with van der Waals surface area (Å²) in [6.07, 6.45) is 1.02. The van der Waals surface area contributed by atoms with Crippen LogP contribution in [0.15, 0.2) is 48.5 Å². The summed E-state index contributed by atoms with van der Waals surface area (Å²) in [5.41, 5.74) is 1.76. The third kappa shape index (κ3) is 6.38. The summed E-state index contributed by atoms with van der Waals surface area (Å²) in [7, 11) is -3.70. The monoisotopic (exact) mass is 404 g/mol. The number of amides is 1. The number of rotatable bonds is 9. The Morgan fingerprint density at radius 3 is 2.39 bits per heavy atom. The van der Waals surface area contributed by atoms with Crippen LogP contribution in [0.2, 0.25) is 0 Å². The second-order valence-corrected chi connectivity index (χ2v) is 8.29. The minimum absolute atomic E-state index is 0.187. The lowest BCUT2D eigenvalue weighted by Crippen LogP contribution is -2.41. The number of ketones is 1. The van der Waals surface area contributed by atoms with Crippen LogP contribution in [-0.4, -0.2) is 46.1 Å². The van der Waals surface area contributed by atoms with Gasteiger partial charge in [0.25, 0.3) is 0 Å². The molecule has 0 saturated carbocycles. The fourth-order valence-electron chi connectivity index (χ4n) is 2.46. The fourth-order valence-corrected chi connectivity index (χ4v) is 3.31. The van der Waals surface area contributed by atoms with E-state index < -0.39 is 15.9 Å². The van der Waals surface area contributed by atoms with Crippen molar-refractivity contribution in [2.75, 3.05) is 30.3 Å². The number of ether oxygens (including phenoxy) is 1. The third-order valence-electron chi connectivity index (χ3n) is 3.94. The van der Waals surface area contributed by atoms with Gasteiger partial charge in [-0.2, -0.15) is 0 Å². The molecule has 0 aliphatic heterocycles. The highest BCUT2D eigenvalue weighted by atomic mass is 32.2. The van der Waals surface area contributed by atoms with Gasteiger partial charge in [0.2, 0.25) is 15.9 Å². The van der Waals surface area contributed by atoms with Crippen molar-refractivity contribution in [3.63, 3.8) is 0 Å². The van der Waals surface area contributed by atoms with Crippen LogP contribution in [0, 0.1) is 6.92 Å². The summed E-state index contributed by atoms with van der Waals surface area (Å²) >= 11 is 0. The van der Waals surface area contributed by atoms with Crippen LogP contribution in [-0.2, 0) is 14.8 Å². The minimum Gasteiger partial charge on any atom is -0.492 e. The molecule has 0 fully saturated rings. The smallest absolute Gasteiger partial charge is 0.240 e. The first-order valence-electron chi connectivity index (χ1n) is 8.71. The van der Waals surface area contributed by atoms with Crippen molar-refractivity contribution in [3.05, 3.63) is 59.7 Å². The van der Waals surface area contributed by atoms with E-state index in [1.807, 2.05) is 31.2 Å². The molecule has 2 rings (SSSR count). The molecule has 0 aliphatic carbocycles. The summed E-state index contributed by atoms with van der Waals surface area (Å²) in [6.45, 7) is 3.48. The lowest BCUT2D eigenvalue weighted by atomic mass is 10.1. The average molecular weight is 404 g/mol. The van der Waals surface area contributed by atoms with E-state index in [1.165, 1.54) is 13.0 Å². The Morgan fingerprint density at radius 1 is 1.11 bits per heavy atom. The van der Waals surface area contributed by atoms with Crippen LogP contribution in [0.5, 0.6) is 5.75 Å². The number of sulfonamides is 1. The third-order valence-corrected chi connectivity index (χ3v) is 5.08. The molecule has 8 heteroatoms. The van der Waals surface area contributed by atoms with Gasteiger partial charge in [-0.25, -0.2) is 8.42 Å². The second-order valence-electron chi connectivity index (χ2n) is 6.39. The molecule has 0 spiro atoms. The molecular formula is C20H24N2O5S. The Balaban J connectivity index is 1.95. The molecule has 28 heavy (non-hydrogen) atoms. The molecule has 7 nitrogen and oxygen atoms in total. The normalized spacial score (nSPS) is 11.0. The maximum Gasteiger partial charge on any atom is 0.240 e. The van der Waals surface area contributed by atoms with Gasteiger partial charge in [-0.3, -0.25) is 13.9 Å². The number of carbonyl (C=O) groups is 2. The molecule has 0 aromatic heterocycles. The number of hydrogen-bond donors (Lipinski definition) is 1. The van der Waals surface area contributed by atoms with Gasteiger partial charge in [0.15, 0.2) is 5.78 Å². The largest absolute Gasteiger partial charge is 0.492 e. The van der Waals surface area contributed by atoms with Crippen molar-refractivity contribution >= 4 is 27.4 Å². The van der Waals surface area contributed by atoms with Crippen molar-refractivity contribution in [3.8, 4) is 5.75 Å². The maximum atomic E-state index is 12.2. The van der Waals surface area contributed by atoms with E-state index in [9.17, 15) is 18.0 Å². The summed E-state index contributed by atoms with van der Waals surface area (Å²) in [5.74, 6) is 0.0397. The molecule has 0 unspecified atom stereocenters. The van der Waals surface area contributed by atoms with Crippen LogP contribution in [0.25, 0.3) is 0 Å². The molecule has 0 aliphatic rings. The number of nitrogens with zero attached hydrogens (tertiary/aromatic N) is 1. The number of carbonyl (C=O) groups excluding carboxylic acids is 2. The summed E-state index contributed by atoms with van der Waals surface area (Å²) < 4.78 is 30.7. The molecule has 0 saturated heterocycles. The van der Waals surface area contributed by atoms with Crippen LogP contribution in [0.4, 0.5) is 5.69 Å². The maximum absolute atomic E-state index is 12.2. The zero-order valence-electron chi connectivity index (χ0n) is 16.1. The molecule has 0 bridgehead atoms. The molecule has 2 aromatic rings. The SMILES string of the molecule is CC(=O)c1cccc(N(CC(=O)NCCOc2ccc(C)cc2)S(C)(=O)=O)c1. The van der Waals surface area contributed by atoms with Gasteiger partial charge in [-0.15, -0.1) is 0 Å². The predicted octanol–water partition coefficient (Wildman–Crippen LogP) is 2.16. The van der Waals surface area contributed by atoms with Gasteiger partial charge in [-0.1, -0.05) is 29.8 Å². The molecular weight excluding hydrogens is 380 g/mol. The highest BCUT2D eigenvalue weighted by Crippen LogP contribution is 2.19. The number of benzene rings is 2. The Bertz CT molecular complexity index is 939. The number of nitrogens with one attached hydrogen (secondary N) is 1. The van der Waals surface area contributed by atoms with E-state index >= 15 is 0 Å². The number of hydrogen-bond acceptors (Lipinski definition) is 5. The van der Waals surface area contributed by atoms with Crippen LogP contribution >= 0.6 is 0 Å². The van der Waals surface area contributed by atoms with Crippen molar-refractivity contribution in [2.45, 2.75) is 13.8 Å². The Labute approximate surface area is 165 Å². The van der Waals surface area contributed by atoms with E-state index in [-0.39, 0.29) is 31.2 Å². The van der Waals surface area contributed by atoms with Crippen LogP contribution in [0.3, 0.4) is 0 Å². The molecule has 0 atom stereocenters. The molecule has 2 aromatic carbocycles. The number of anilines is 1. The molecule has 0 heterocycles. The van der Waals surface area contributed by atoms with Crippen LogP contribution < -0.4 is 14.4 Å². The van der Waals surface area contributed by atoms with Crippen molar-refractivity contribution in [2.24, 2.45) is 0 Å². The van der Waals surface area contributed by atoms with Crippen molar-refractivity contribution < 1.29 is 22.7 Å². The van der Waals surface area contributed by atoms with Crippen molar-refractivity contribution in [1.82, 2.24) is 5.32 Å². The van der Waals surface area contributed by atoms with Gasteiger partial charge in [0.05, 0.1) is 18.5 Å².